The van der Waals surface area contributed by atoms with Crippen LogP contribution in [0.2, 0.25) is 0 Å². The highest BCUT2D eigenvalue weighted by atomic mass is 32.1. The summed E-state index contributed by atoms with van der Waals surface area (Å²) in [6.45, 7) is 2.04. The molecule has 0 spiro atoms. The Bertz CT molecular complexity index is 1310. The van der Waals surface area contributed by atoms with Crippen molar-refractivity contribution in [2.24, 2.45) is 0 Å². The second kappa shape index (κ2) is 8.73. The number of hydrogen-bond acceptors (Lipinski definition) is 5. The van der Waals surface area contributed by atoms with Crippen LogP contribution in [-0.2, 0) is 4.79 Å². The quantitative estimate of drug-likeness (QED) is 0.429. The Kier molecular flexibility index (Phi) is 5.64. The molecule has 0 radical (unpaired) electrons. The third-order valence-electron chi connectivity index (χ3n) is 6.01. The number of rotatable bonds is 5. The van der Waals surface area contributed by atoms with Crippen molar-refractivity contribution >= 4 is 55.1 Å². The van der Waals surface area contributed by atoms with Crippen LogP contribution in [0.3, 0.4) is 0 Å². The highest BCUT2D eigenvalue weighted by Crippen LogP contribution is 2.33. The van der Waals surface area contributed by atoms with E-state index in [0.29, 0.717) is 6.04 Å². The average molecular weight is 443 g/mol. The number of benzene rings is 3. The summed E-state index contributed by atoms with van der Waals surface area (Å²) >= 11 is 1.69. The molecule has 1 aromatic heterocycles. The molecule has 3 aromatic carbocycles. The average Bonchev–Trinajstić information content (AvgIpc) is 3.44. The van der Waals surface area contributed by atoms with Gasteiger partial charge in [0.25, 0.3) is 0 Å². The number of hydrogen-bond donors (Lipinski definition) is 1. The maximum absolute atomic E-state index is 12.5. The number of thiazole rings is 1. The molecular weight excluding hydrogens is 416 g/mol. The van der Waals surface area contributed by atoms with Gasteiger partial charge in [-0.2, -0.15) is 0 Å². The molecule has 162 valence electrons. The van der Waals surface area contributed by atoms with Gasteiger partial charge in [0.05, 0.1) is 10.2 Å². The second-order valence-corrected chi connectivity index (χ2v) is 9.47. The first-order chi connectivity index (χ1) is 15.5. The molecule has 1 saturated heterocycles. The third kappa shape index (κ3) is 4.38. The number of anilines is 2. The third-order valence-corrected chi connectivity index (χ3v) is 7.09. The highest BCUT2D eigenvalue weighted by molar-refractivity contribution is 7.22. The molecule has 0 aliphatic carbocycles. The Balaban J connectivity index is 1.27. The van der Waals surface area contributed by atoms with Crippen molar-refractivity contribution in [3.8, 4) is 0 Å². The highest BCUT2D eigenvalue weighted by Gasteiger charge is 2.26. The zero-order chi connectivity index (χ0) is 22.1. The van der Waals surface area contributed by atoms with Crippen molar-refractivity contribution in [3.05, 3.63) is 72.3 Å². The molecule has 5 nitrogen and oxygen atoms in total. The molecule has 0 bridgehead atoms. The SMILES string of the molecule is CN(C)C1CCN(c2nc3ccc(NC(=O)/C=C\c4ccc5ccccc5c4)cc3s2)C1. The number of fused-ring (bicyclic) bond motifs is 2. The van der Waals surface area contributed by atoms with Crippen LogP contribution in [0.25, 0.3) is 27.1 Å². The van der Waals surface area contributed by atoms with Gasteiger partial charge in [0.1, 0.15) is 0 Å². The lowest BCUT2D eigenvalue weighted by molar-refractivity contribution is -0.111. The largest absolute Gasteiger partial charge is 0.346 e. The Hall–Kier alpha value is -3.22. The van der Waals surface area contributed by atoms with Gasteiger partial charge < -0.3 is 15.1 Å². The molecule has 6 heteroatoms. The summed E-state index contributed by atoms with van der Waals surface area (Å²) in [5.41, 5.74) is 2.76. The van der Waals surface area contributed by atoms with Gasteiger partial charge in [-0.25, -0.2) is 4.98 Å². The summed E-state index contributed by atoms with van der Waals surface area (Å²) in [4.78, 5) is 21.9. The Labute approximate surface area is 192 Å². The lowest BCUT2D eigenvalue weighted by Gasteiger charge is -2.19. The molecule has 1 amide bonds. The van der Waals surface area contributed by atoms with E-state index in [1.54, 1.807) is 17.4 Å². The Morgan fingerprint density at radius 2 is 1.97 bits per heavy atom. The van der Waals surface area contributed by atoms with E-state index in [2.05, 4.69) is 53.5 Å². The van der Waals surface area contributed by atoms with Crippen molar-refractivity contribution in [2.75, 3.05) is 37.4 Å². The van der Waals surface area contributed by atoms with Crippen LogP contribution in [0.15, 0.2) is 66.7 Å². The number of nitrogens with zero attached hydrogens (tertiary/aromatic N) is 3. The second-order valence-electron chi connectivity index (χ2n) is 8.46. The number of carbonyl (C=O) groups is 1. The number of likely N-dealkylation sites (N-methyl/N-ethyl adjacent to an activating group) is 1. The van der Waals surface area contributed by atoms with Crippen LogP contribution < -0.4 is 10.2 Å². The fourth-order valence-corrected chi connectivity index (χ4v) is 5.17. The molecule has 1 aliphatic rings. The molecule has 2 heterocycles. The van der Waals surface area contributed by atoms with E-state index in [1.807, 2.05) is 42.5 Å². The maximum Gasteiger partial charge on any atom is 0.248 e. The van der Waals surface area contributed by atoms with Gasteiger partial charge in [-0.15, -0.1) is 0 Å². The van der Waals surface area contributed by atoms with Crippen LogP contribution >= 0.6 is 11.3 Å². The molecule has 1 unspecified atom stereocenters. The van der Waals surface area contributed by atoms with Crippen molar-refractivity contribution in [2.45, 2.75) is 12.5 Å². The standard InChI is InChI=1S/C26H26N4OS/c1-29(2)22-13-14-30(17-22)26-28-23-11-10-21(16-24(23)32-26)27-25(31)12-8-18-7-9-19-5-3-4-6-20(19)15-18/h3-12,15-16,22H,13-14,17H2,1-2H3,(H,27,31)/b12-8-. The zero-order valence-corrected chi connectivity index (χ0v) is 19.1. The van der Waals surface area contributed by atoms with E-state index >= 15 is 0 Å². The minimum atomic E-state index is -0.143. The minimum absolute atomic E-state index is 0.143. The molecule has 1 aliphatic heterocycles. The number of nitrogens with one attached hydrogen (secondary N) is 1. The molecule has 4 aromatic rings. The Morgan fingerprint density at radius 1 is 1.12 bits per heavy atom. The van der Waals surface area contributed by atoms with Crippen LogP contribution in [0.5, 0.6) is 0 Å². The maximum atomic E-state index is 12.5. The fraction of sp³-hybridized carbons (Fsp3) is 0.231. The summed E-state index contributed by atoms with van der Waals surface area (Å²) in [5.74, 6) is -0.143. The van der Waals surface area contributed by atoms with Crippen LogP contribution in [0.1, 0.15) is 12.0 Å². The van der Waals surface area contributed by atoms with Crippen molar-refractivity contribution in [1.82, 2.24) is 9.88 Å². The van der Waals surface area contributed by atoms with E-state index in [0.717, 1.165) is 51.5 Å². The van der Waals surface area contributed by atoms with Gasteiger partial charge in [-0.3, -0.25) is 4.79 Å². The molecule has 1 fully saturated rings. The van der Waals surface area contributed by atoms with Crippen molar-refractivity contribution in [1.29, 1.82) is 0 Å². The number of carbonyl (C=O) groups excluding carboxylic acids is 1. The first-order valence-electron chi connectivity index (χ1n) is 10.8. The van der Waals surface area contributed by atoms with Crippen LogP contribution in [-0.4, -0.2) is 49.0 Å². The van der Waals surface area contributed by atoms with Gasteiger partial charge in [-0.1, -0.05) is 47.7 Å². The van der Waals surface area contributed by atoms with E-state index < -0.39 is 0 Å². The molecular formula is C26H26N4OS. The van der Waals surface area contributed by atoms with Gasteiger partial charge in [-0.05, 0) is 67.2 Å². The first kappa shape index (κ1) is 20.7. The van der Waals surface area contributed by atoms with E-state index in [4.69, 9.17) is 4.98 Å². The smallest absolute Gasteiger partial charge is 0.248 e. The first-order valence-corrected chi connectivity index (χ1v) is 11.7. The van der Waals surface area contributed by atoms with E-state index in [1.165, 1.54) is 5.39 Å². The Morgan fingerprint density at radius 3 is 2.78 bits per heavy atom. The van der Waals surface area contributed by atoms with Gasteiger partial charge in [0, 0.05) is 30.9 Å². The zero-order valence-electron chi connectivity index (χ0n) is 18.3. The molecule has 1 atom stereocenters. The van der Waals surface area contributed by atoms with Crippen molar-refractivity contribution < 1.29 is 4.79 Å². The lowest BCUT2D eigenvalue weighted by atomic mass is 10.1. The number of aromatic nitrogens is 1. The van der Waals surface area contributed by atoms with Crippen LogP contribution in [0, 0.1) is 0 Å². The fourth-order valence-electron chi connectivity index (χ4n) is 4.13. The van der Waals surface area contributed by atoms with E-state index in [9.17, 15) is 4.79 Å². The summed E-state index contributed by atoms with van der Waals surface area (Å²) in [6, 6.07) is 20.9. The minimum Gasteiger partial charge on any atom is -0.346 e. The molecule has 0 saturated carbocycles. The predicted octanol–water partition coefficient (Wildman–Crippen LogP) is 5.24. The summed E-state index contributed by atoms with van der Waals surface area (Å²) < 4.78 is 1.09. The van der Waals surface area contributed by atoms with Gasteiger partial charge in [0.15, 0.2) is 5.13 Å². The lowest BCUT2D eigenvalue weighted by Crippen LogP contribution is -2.31. The van der Waals surface area contributed by atoms with Crippen molar-refractivity contribution in [3.63, 3.8) is 0 Å². The predicted molar refractivity (Wildman–Crippen MR) is 136 cm³/mol. The molecule has 1 N–H and O–H groups in total. The molecule has 5 rings (SSSR count). The summed E-state index contributed by atoms with van der Waals surface area (Å²) in [6.07, 6.45) is 4.59. The topological polar surface area (TPSA) is 48.5 Å². The summed E-state index contributed by atoms with van der Waals surface area (Å²) in [7, 11) is 4.27. The monoisotopic (exact) mass is 442 g/mol. The van der Waals surface area contributed by atoms with Gasteiger partial charge in [0.2, 0.25) is 5.91 Å². The molecule has 32 heavy (non-hydrogen) atoms. The summed E-state index contributed by atoms with van der Waals surface area (Å²) in [5, 5.41) is 6.39. The van der Waals surface area contributed by atoms with E-state index in [-0.39, 0.29) is 5.91 Å². The normalized spacial score (nSPS) is 16.6. The van der Waals surface area contributed by atoms with Gasteiger partial charge >= 0.3 is 0 Å². The number of amides is 1. The van der Waals surface area contributed by atoms with Crippen LogP contribution in [0.4, 0.5) is 10.8 Å².